The molecule has 0 spiro atoms. The SMILES string of the molecule is Nc1c(C(=O)CCl)c(=O)[nH]c(=O)n1CC[C@H]1CC=CCC1. The van der Waals surface area contributed by atoms with Crippen LogP contribution in [-0.2, 0) is 6.54 Å². The highest BCUT2D eigenvalue weighted by Gasteiger charge is 2.19. The van der Waals surface area contributed by atoms with E-state index in [1.807, 2.05) is 0 Å². The molecule has 1 aromatic rings. The number of rotatable bonds is 5. The van der Waals surface area contributed by atoms with Crippen LogP contribution < -0.4 is 17.0 Å². The van der Waals surface area contributed by atoms with Crippen LogP contribution in [0.5, 0.6) is 0 Å². The number of halogens is 1. The van der Waals surface area contributed by atoms with Crippen LogP contribution in [0.25, 0.3) is 0 Å². The number of H-pyrrole nitrogens is 1. The molecule has 0 saturated carbocycles. The van der Waals surface area contributed by atoms with Crippen LogP contribution in [0.4, 0.5) is 5.82 Å². The maximum Gasteiger partial charge on any atom is 0.329 e. The van der Waals surface area contributed by atoms with Crippen molar-refractivity contribution in [1.29, 1.82) is 0 Å². The molecule has 0 saturated heterocycles. The number of aromatic nitrogens is 2. The number of nitrogens with two attached hydrogens (primary N) is 1. The predicted octanol–water partition coefficient (Wildman–Crippen LogP) is 1.29. The van der Waals surface area contributed by atoms with Gasteiger partial charge in [-0.3, -0.25) is 19.1 Å². The number of hydrogen-bond acceptors (Lipinski definition) is 4. The molecular weight excluding hydrogens is 294 g/mol. The van der Waals surface area contributed by atoms with E-state index in [-0.39, 0.29) is 17.3 Å². The minimum absolute atomic E-state index is 0.0965. The summed E-state index contributed by atoms with van der Waals surface area (Å²) in [5.41, 5.74) is 4.23. The summed E-state index contributed by atoms with van der Waals surface area (Å²) in [7, 11) is 0. The Labute approximate surface area is 126 Å². The Bertz CT molecular complexity index is 675. The van der Waals surface area contributed by atoms with Gasteiger partial charge in [0.05, 0.1) is 5.88 Å². The number of aromatic amines is 1. The van der Waals surface area contributed by atoms with Crippen molar-refractivity contribution in [3.63, 3.8) is 0 Å². The Morgan fingerprint density at radius 2 is 2.19 bits per heavy atom. The van der Waals surface area contributed by atoms with Crippen molar-refractivity contribution in [3.8, 4) is 0 Å². The lowest BCUT2D eigenvalue weighted by Crippen LogP contribution is -2.36. The fourth-order valence-electron chi connectivity index (χ4n) is 2.58. The number of carbonyl (C=O) groups is 1. The molecular formula is C14H18ClN3O3. The van der Waals surface area contributed by atoms with Crippen molar-refractivity contribution in [3.05, 3.63) is 38.6 Å². The molecule has 0 unspecified atom stereocenters. The number of nitrogen functional groups attached to an aromatic ring is 1. The summed E-state index contributed by atoms with van der Waals surface area (Å²) in [4.78, 5) is 37.3. The van der Waals surface area contributed by atoms with Gasteiger partial charge in [0, 0.05) is 6.54 Å². The Morgan fingerprint density at radius 1 is 1.43 bits per heavy atom. The van der Waals surface area contributed by atoms with Crippen molar-refractivity contribution >= 4 is 23.2 Å². The smallest absolute Gasteiger partial charge is 0.329 e. The normalized spacial score (nSPS) is 17.9. The van der Waals surface area contributed by atoms with Crippen molar-refractivity contribution in [2.75, 3.05) is 11.6 Å². The molecule has 1 aliphatic carbocycles. The lowest BCUT2D eigenvalue weighted by Gasteiger charge is -2.19. The highest BCUT2D eigenvalue weighted by atomic mass is 35.5. The van der Waals surface area contributed by atoms with Crippen LogP contribution in [0.15, 0.2) is 21.7 Å². The number of nitrogens with one attached hydrogen (secondary N) is 1. The molecule has 6 nitrogen and oxygen atoms in total. The van der Waals surface area contributed by atoms with Gasteiger partial charge in [-0.25, -0.2) is 4.79 Å². The average Bonchev–Trinajstić information content (AvgIpc) is 2.47. The third kappa shape index (κ3) is 3.44. The fraction of sp³-hybridized carbons (Fsp3) is 0.500. The van der Waals surface area contributed by atoms with Gasteiger partial charge in [0.1, 0.15) is 11.4 Å². The minimum atomic E-state index is -0.778. The van der Waals surface area contributed by atoms with Crippen LogP contribution in [0.3, 0.4) is 0 Å². The molecule has 0 aliphatic heterocycles. The van der Waals surface area contributed by atoms with Crippen LogP contribution >= 0.6 is 11.6 Å². The predicted molar refractivity (Wildman–Crippen MR) is 81.9 cm³/mol. The Hall–Kier alpha value is -1.82. The van der Waals surface area contributed by atoms with E-state index >= 15 is 0 Å². The van der Waals surface area contributed by atoms with Gasteiger partial charge in [-0.2, -0.15) is 0 Å². The second kappa shape index (κ2) is 6.76. The molecule has 0 radical (unpaired) electrons. The summed E-state index contributed by atoms with van der Waals surface area (Å²) in [6.07, 6.45) is 8.14. The molecule has 21 heavy (non-hydrogen) atoms. The van der Waals surface area contributed by atoms with Crippen LogP contribution in [0.2, 0.25) is 0 Å². The van der Waals surface area contributed by atoms with Crippen molar-refractivity contribution in [2.45, 2.75) is 32.2 Å². The highest BCUT2D eigenvalue weighted by molar-refractivity contribution is 6.31. The number of carbonyl (C=O) groups excluding carboxylic acids is 1. The van der Waals surface area contributed by atoms with Gasteiger partial charge in [-0.05, 0) is 31.6 Å². The zero-order valence-electron chi connectivity index (χ0n) is 11.6. The van der Waals surface area contributed by atoms with Crippen LogP contribution in [0, 0.1) is 5.92 Å². The average molecular weight is 312 g/mol. The first-order chi connectivity index (χ1) is 10.0. The van der Waals surface area contributed by atoms with Gasteiger partial charge in [-0.1, -0.05) is 12.2 Å². The first-order valence-electron chi connectivity index (χ1n) is 6.91. The summed E-state index contributed by atoms with van der Waals surface area (Å²) in [6.45, 7) is 0.377. The zero-order valence-corrected chi connectivity index (χ0v) is 12.4. The van der Waals surface area contributed by atoms with E-state index in [1.54, 1.807) is 0 Å². The van der Waals surface area contributed by atoms with Gasteiger partial charge < -0.3 is 5.73 Å². The maximum absolute atomic E-state index is 11.9. The van der Waals surface area contributed by atoms with Crippen molar-refractivity contribution < 1.29 is 4.79 Å². The lowest BCUT2D eigenvalue weighted by atomic mass is 9.91. The molecule has 1 heterocycles. The first kappa shape index (κ1) is 15.6. The van der Waals surface area contributed by atoms with E-state index < -0.39 is 17.0 Å². The minimum Gasteiger partial charge on any atom is -0.384 e. The third-order valence-electron chi connectivity index (χ3n) is 3.78. The van der Waals surface area contributed by atoms with Gasteiger partial charge in [0.15, 0.2) is 5.78 Å². The summed E-state index contributed by atoms with van der Waals surface area (Å²) in [6, 6.07) is 0. The number of hydrogen-bond donors (Lipinski definition) is 2. The molecule has 1 aliphatic rings. The summed E-state index contributed by atoms with van der Waals surface area (Å²) in [5.74, 6) is -0.537. The molecule has 0 fully saturated rings. The molecule has 0 aromatic carbocycles. The summed E-state index contributed by atoms with van der Waals surface area (Å²) in [5, 5.41) is 0. The molecule has 1 atom stereocenters. The topological polar surface area (TPSA) is 98.0 Å². The van der Waals surface area contributed by atoms with Gasteiger partial charge in [0.2, 0.25) is 0 Å². The highest BCUT2D eigenvalue weighted by Crippen LogP contribution is 2.22. The van der Waals surface area contributed by atoms with E-state index in [0.717, 1.165) is 25.7 Å². The largest absolute Gasteiger partial charge is 0.384 e. The molecule has 1 aromatic heterocycles. The second-order valence-electron chi connectivity index (χ2n) is 5.17. The number of ketones is 1. The van der Waals surface area contributed by atoms with Crippen LogP contribution in [-0.4, -0.2) is 21.2 Å². The van der Waals surface area contributed by atoms with E-state index in [2.05, 4.69) is 17.1 Å². The van der Waals surface area contributed by atoms with E-state index in [0.29, 0.717) is 12.5 Å². The lowest BCUT2D eigenvalue weighted by molar-refractivity contribution is 0.101. The second-order valence-corrected chi connectivity index (χ2v) is 5.43. The van der Waals surface area contributed by atoms with E-state index in [4.69, 9.17) is 17.3 Å². The quantitative estimate of drug-likeness (QED) is 0.486. The number of alkyl halides is 1. The molecule has 3 N–H and O–H groups in total. The Balaban J connectivity index is 2.26. The molecule has 114 valence electrons. The molecule has 0 bridgehead atoms. The summed E-state index contributed by atoms with van der Waals surface area (Å²) >= 11 is 5.47. The fourth-order valence-corrected chi connectivity index (χ4v) is 2.71. The maximum atomic E-state index is 11.9. The van der Waals surface area contributed by atoms with Crippen molar-refractivity contribution in [2.24, 2.45) is 5.92 Å². The number of allylic oxidation sites excluding steroid dienone is 2. The third-order valence-corrected chi connectivity index (χ3v) is 4.02. The first-order valence-corrected chi connectivity index (χ1v) is 7.44. The van der Waals surface area contributed by atoms with Crippen LogP contribution in [0.1, 0.15) is 36.0 Å². The van der Waals surface area contributed by atoms with Gasteiger partial charge >= 0.3 is 5.69 Å². The molecule has 2 rings (SSSR count). The Kier molecular flexibility index (Phi) is 5.01. The molecule has 7 heteroatoms. The van der Waals surface area contributed by atoms with Gasteiger partial charge in [0.25, 0.3) is 5.56 Å². The standard InChI is InChI=1S/C14H18ClN3O3/c15-8-10(19)11-12(16)18(14(21)17-13(11)20)7-6-9-4-2-1-3-5-9/h1-2,9H,3-8,16H2,(H,17,20,21)/t9-/m0/s1. The van der Waals surface area contributed by atoms with E-state index in [1.165, 1.54) is 4.57 Å². The molecule has 0 amide bonds. The summed E-state index contributed by atoms with van der Waals surface area (Å²) < 4.78 is 1.25. The number of nitrogens with zero attached hydrogens (tertiary/aromatic N) is 1. The Morgan fingerprint density at radius 3 is 2.81 bits per heavy atom. The van der Waals surface area contributed by atoms with E-state index in [9.17, 15) is 14.4 Å². The van der Waals surface area contributed by atoms with Crippen molar-refractivity contribution in [1.82, 2.24) is 9.55 Å². The zero-order chi connectivity index (χ0) is 15.4. The number of anilines is 1. The van der Waals surface area contributed by atoms with Gasteiger partial charge in [-0.15, -0.1) is 11.6 Å². The monoisotopic (exact) mass is 311 g/mol. The number of Topliss-reactive ketones (excluding diaryl/α,β-unsaturated/α-hetero) is 1.